The third kappa shape index (κ3) is 5.81. The molecule has 0 fully saturated rings. The van der Waals surface area contributed by atoms with Crippen LogP contribution in [0.1, 0.15) is 27.5 Å². The number of fused-ring (bicyclic) bond motifs is 1. The molecule has 0 saturated heterocycles. The van der Waals surface area contributed by atoms with Gasteiger partial charge in [-0.2, -0.15) is 13.2 Å². The van der Waals surface area contributed by atoms with Crippen molar-refractivity contribution in [3.05, 3.63) is 75.7 Å². The molecule has 0 aliphatic rings. The summed E-state index contributed by atoms with van der Waals surface area (Å²) in [4.78, 5) is 10.5. The maximum Gasteiger partial charge on any atom is 1.00 e. The van der Waals surface area contributed by atoms with Gasteiger partial charge in [0, 0.05) is 34.3 Å². The van der Waals surface area contributed by atoms with Crippen molar-refractivity contribution >= 4 is 28.3 Å². The van der Waals surface area contributed by atoms with Gasteiger partial charge >= 0.3 is 35.7 Å². The number of aliphatic carboxylic acids is 1. The van der Waals surface area contributed by atoms with Crippen LogP contribution in [0.15, 0.2) is 59.0 Å². The molecule has 4 rings (SSSR count). The van der Waals surface area contributed by atoms with Crippen LogP contribution in [-0.4, -0.2) is 5.97 Å². The van der Waals surface area contributed by atoms with Gasteiger partial charge < -0.3 is 19.1 Å². The number of benzene rings is 2. The molecule has 9 heteroatoms. The SMILES string of the molecule is Cc1c(CCC(=O)[O-])oc2cc(OCc3cc(-c4ccccc4)c(C(F)(F)F)s3)ccc12.[Na+]. The van der Waals surface area contributed by atoms with Crippen LogP contribution in [0.25, 0.3) is 22.1 Å². The molecule has 0 aliphatic carbocycles. The maximum atomic E-state index is 13.6. The molecule has 2 heterocycles. The molecule has 0 saturated carbocycles. The molecule has 0 radical (unpaired) electrons. The number of carbonyl (C=O) groups excluding carboxylic acids is 1. The Morgan fingerprint density at radius 2 is 1.85 bits per heavy atom. The molecule has 0 amide bonds. The molecule has 2 aromatic heterocycles. The zero-order valence-corrected chi connectivity index (χ0v) is 20.8. The topological polar surface area (TPSA) is 62.5 Å². The van der Waals surface area contributed by atoms with Crippen LogP contribution >= 0.6 is 11.3 Å². The van der Waals surface area contributed by atoms with E-state index in [0.717, 1.165) is 10.9 Å². The van der Waals surface area contributed by atoms with E-state index in [0.29, 0.717) is 38.9 Å². The number of ether oxygens (including phenoxy) is 1. The normalized spacial score (nSPS) is 11.4. The minimum absolute atomic E-state index is 0. The molecule has 166 valence electrons. The Kier molecular flexibility index (Phi) is 7.95. The second kappa shape index (κ2) is 10.3. The standard InChI is InChI=1S/C24H19F3O4S.Na/c1-14-18-8-7-16(11-21(18)31-20(14)9-10-22(28)29)30-13-17-12-19(15-5-3-2-4-6-15)23(32-17)24(25,26)27;/h2-8,11-12H,9-10,13H2,1H3,(H,28,29);/q;+1/p-1. The molecule has 4 nitrogen and oxygen atoms in total. The average Bonchev–Trinajstić information content (AvgIpc) is 3.33. The molecule has 0 bridgehead atoms. The Balaban J connectivity index is 0.00000306. The molecule has 0 atom stereocenters. The zero-order chi connectivity index (χ0) is 22.9. The first kappa shape index (κ1) is 25.4. The van der Waals surface area contributed by atoms with E-state index in [-0.39, 0.29) is 54.6 Å². The van der Waals surface area contributed by atoms with E-state index < -0.39 is 17.0 Å². The van der Waals surface area contributed by atoms with Gasteiger partial charge in [-0.15, -0.1) is 11.3 Å². The summed E-state index contributed by atoms with van der Waals surface area (Å²) in [5.41, 5.74) is 2.00. The van der Waals surface area contributed by atoms with E-state index in [9.17, 15) is 23.1 Å². The second-order valence-electron chi connectivity index (χ2n) is 7.29. The van der Waals surface area contributed by atoms with Gasteiger partial charge in [0.05, 0.1) is 0 Å². The number of halogens is 3. The summed E-state index contributed by atoms with van der Waals surface area (Å²) in [7, 11) is 0. The summed E-state index contributed by atoms with van der Waals surface area (Å²) >= 11 is 0.665. The fraction of sp³-hybridized carbons (Fsp3) is 0.208. The second-order valence-corrected chi connectivity index (χ2v) is 8.42. The van der Waals surface area contributed by atoms with E-state index in [1.54, 1.807) is 48.5 Å². The number of carboxylic acid groups (broad SMARTS) is 1. The Bertz CT molecular complexity index is 1260. The van der Waals surface area contributed by atoms with Gasteiger partial charge in [0.25, 0.3) is 0 Å². The van der Waals surface area contributed by atoms with Gasteiger partial charge in [-0.25, -0.2) is 0 Å². The molecule has 0 N–H and O–H groups in total. The molecular weight excluding hydrogens is 464 g/mol. The van der Waals surface area contributed by atoms with E-state index >= 15 is 0 Å². The van der Waals surface area contributed by atoms with Gasteiger partial charge in [0.1, 0.15) is 28.6 Å². The first-order valence-corrected chi connectivity index (χ1v) is 10.6. The van der Waals surface area contributed by atoms with Crippen molar-refractivity contribution in [1.82, 2.24) is 0 Å². The number of carboxylic acids is 1. The number of hydrogen-bond acceptors (Lipinski definition) is 5. The summed E-state index contributed by atoms with van der Waals surface area (Å²) in [5.74, 6) is -0.152. The van der Waals surface area contributed by atoms with Gasteiger partial charge in [-0.3, -0.25) is 0 Å². The molecule has 0 spiro atoms. The Morgan fingerprint density at radius 3 is 2.52 bits per heavy atom. The van der Waals surface area contributed by atoms with Crippen molar-refractivity contribution in [2.45, 2.75) is 32.5 Å². The Morgan fingerprint density at radius 1 is 1.12 bits per heavy atom. The number of furan rings is 1. The first-order chi connectivity index (χ1) is 15.2. The van der Waals surface area contributed by atoms with Crippen LogP contribution in [-0.2, 0) is 24.0 Å². The van der Waals surface area contributed by atoms with Crippen LogP contribution in [0, 0.1) is 6.92 Å². The average molecular weight is 482 g/mol. The summed E-state index contributed by atoms with van der Waals surface area (Å²) < 4.78 is 52.2. The smallest absolute Gasteiger partial charge is 0.550 e. The van der Waals surface area contributed by atoms with Gasteiger partial charge in [-0.1, -0.05) is 30.3 Å². The van der Waals surface area contributed by atoms with Crippen molar-refractivity contribution in [2.75, 3.05) is 0 Å². The summed E-state index contributed by atoms with van der Waals surface area (Å²) in [5, 5.41) is 11.5. The van der Waals surface area contributed by atoms with Crippen LogP contribution in [0.5, 0.6) is 5.75 Å². The fourth-order valence-electron chi connectivity index (χ4n) is 3.51. The number of hydrogen-bond donors (Lipinski definition) is 0. The molecule has 2 aromatic carbocycles. The van der Waals surface area contributed by atoms with Crippen LogP contribution in [0.4, 0.5) is 13.2 Å². The van der Waals surface area contributed by atoms with E-state index in [2.05, 4.69) is 0 Å². The molecular formula is C24H18F3NaO4S. The van der Waals surface area contributed by atoms with Gasteiger partial charge in [0.15, 0.2) is 0 Å². The maximum absolute atomic E-state index is 13.6. The zero-order valence-electron chi connectivity index (χ0n) is 18.0. The third-order valence-corrected chi connectivity index (χ3v) is 6.22. The van der Waals surface area contributed by atoms with E-state index in [1.807, 2.05) is 6.92 Å². The van der Waals surface area contributed by atoms with Crippen molar-refractivity contribution in [1.29, 1.82) is 0 Å². The summed E-state index contributed by atoms with van der Waals surface area (Å²) in [6.07, 6.45) is -4.38. The first-order valence-electron chi connectivity index (χ1n) is 9.82. The quantitative estimate of drug-likeness (QED) is 0.380. The Labute approximate surface area is 214 Å². The number of rotatable bonds is 7. The van der Waals surface area contributed by atoms with Crippen LogP contribution < -0.4 is 39.4 Å². The number of alkyl halides is 3. The van der Waals surface area contributed by atoms with Crippen LogP contribution in [0.3, 0.4) is 0 Å². The molecule has 0 unspecified atom stereocenters. The van der Waals surface area contributed by atoms with Crippen molar-refractivity contribution in [2.24, 2.45) is 0 Å². The predicted molar refractivity (Wildman–Crippen MR) is 113 cm³/mol. The number of carbonyl (C=O) groups is 1. The summed E-state index contributed by atoms with van der Waals surface area (Å²) in [6, 6.07) is 15.1. The monoisotopic (exact) mass is 482 g/mol. The fourth-order valence-corrected chi connectivity index (χ4v) is 4.47. The minimum atomic E-state index is -4.46. The molecule has 0 aliphatic heterocycles. The van der Waals surface area contributed by atoms with Crippen LogP contribution in [0.2, 0.25) is 0 Å². The van der Waals surface area contributed by atoms with Crippen molar-refractivity contribution < 1.29 is 61.8 Å². The summed E-state index contributed by atoms with van der Waals surface area (Å²) in [6.45, 7) is 1.82. The largest absolute Gasteiger partial charge is 1.00 e. The minimum Gasteiger partial charge on any atom is -0.550 e. The van der Waals surface area contributed by atoms with E-state index in [4.69, 9.17) is 9.15 Å². The number of thiophene rings is 1. The molecule has 4 aromatic rings. The van der Waals surface area contributed by atoms with Gasteiger partial charge in [0.2, 0.25) is 0 Å². The van der Waals surface area contributed by atoms with Crippen molar-refractivity contribution in [3.63, 3.8) is 0 Å². The van der Waals surface area contributed by atoms with Crippen molar-refractivity contribution in [3.8, 4) is 16.9 Å². The van der Waals surface area contributed by atoms with E-state index in [1.165, 1.54) is 6.07 Å². The predicted octanol–water partition coefficient (Wildman–Crippen LogP) is 2.75. The Hall–Kier alpha value is -2.26. The molecule has 33 heavy (non-hydrogen) atoms. The third-order valence-electron chi connectivity index (χ3n) is 5.07. The van der Waals surface area contributed by atoms with Gasteiger partial charge in [-0.05, 0) is 42.7 Å². The number of aryl methyl sites for hydroxylation is 2.